The van der Waals surface area contributed by atoms with Gasteiger partial charge in [-0.2, -0.15) is 0 Å². The van der Waals surface area contributed by atoms with Crippen LogP contribution in [-0.2, 0) is 11.3 Å². The number of hydrogen-bond acceptors (Lipinski definition) is 5. The summed E-state index contributed by atoms with van der Waals surface area (Å²) < 4.78 is 31.7. The minimum Gasteiger partial charge on any atom is -0.349 e. The van der Waals surface area contributed by atoms with Crippen LogP contribution in [0.1, 0.15) is 48.4 Å². The highest BCUT2D eigenvalue weighted by Crippen LogP contribution is 2.27. The molecular weight excluding hydrogens is 422 g/mol. The fraction of sp³-hybridized carbons (Fsp3) is 0.273. The third-order valence-corrected chi connectivity index (χ3v) is 4.89. The first-order valence-corrected chi connectivity index (χ1v) is 10.4. The molecule has 0 saturated heterocycles. The van der Waals surface area contributed by atoms with Crippen LogP contribution in [0.5, 0.6) is 0 Å². The van der Waals surface area contributed by atoms with Gasteiger partial charge in [0.2, 0.25) is 5.91 Å². The van der Waals surface area contributed by atoms with E-state index in [0.29, 0.717) is 5.56 Å². The molecule has 1 heterocycles. The van der Waals surface area contributed by atoms with Gasteiger partial charge in [-0.15, -0.1) is 5.10 Å². The summed E-state index contributed by atoms with van der Waals surface area (Å²) in [7, 11) is 0. The average Bonchev–Trinajstić information content (AvgIpc) is 3.23. The van der Waals surface area contributed by atoms with E-state index in [0.717, 1.165) is 11.5 Å². The van der Waals surface area contributed by atoms with Crippen molar-refractivity contribution in [2.45, 2.75) is 38.9 Å². The van der Waals surface area contributed by atoms with Gasteiger partial charge in [0.1, 0.15) is 17.7 Å². The van der Waals surface area contributed by atoms with E-state index in [-0.39, 0.29) is 17.8 Å². The zero-order valence-corrected chi connectivity index (χ0v) is 18.1. The molecule has 2 amide bonds. The van der Waals surface area contributed by atoms with E-state index in [1.54, 1.807) is 32.9 Å². The molecule has 162 valence electrons. The number of carbonyl (C=O) groups excluding carboxylic acids is 2. The molecule has 2 aromatic carbocycles. The molecule has 0 unspecified atom stereocenters. The van der Waals surface area contributed by atoms with Crippen LogP contribution in [0.2, 0.25) is 0 Å². The van der Waals surface area contributed by atoms with Crippen LogP contribution >= 0.6 is 11.5 Å². The molecule has 0 fully saturated rings. The van der Waals surface area contributed by atoms with Gasteiger partial charge >= 0.3 is 0 Å². The van der Waals surface area contributed by atoms with Gasteiger partial charge < -0.3 is 10.2 Å². The summed E-state index contributed by atoms with van der Waals surface area (Å²) in [4.78, 5) is 27.9. The number of rotatable bonds is 6. The van der Waals surface area contributed by atoms with Gasteiger partial charge in [-0.05, 0) is 56.1 Å². The number of halogens is 2. The Morgan fingerprint density at radius 3 is 2.35 bits per heavy atom. The van der Waals surface area contributed by atoms with Gasteiger partial charge in [0.25, 0.3) is 5.91 Å². The maximum absolute atomic E-state index is 14.4. The molecule has 0 aliphatic heterocycles. The summed E-state index contributed by atoms with van der Waals surface area (Å²) in [5.41, 5.74) is 0.0623. The SMILES string of the molecule is CC(C)(C)NC(=O)[C@@H](c1ccc(F)cc1)N(Cc1ccccc1F)C(=O)c1csnn1. The average molecular weight is 445 g/mol. The van der Waals surface area contributed by atoms with E-state index in [1.807, 2.05) is 0 Å². The Bertz CT molecular complexity index is 1050. The lowest BCUT2D eigenvalue weighted by molar-refractivity contribution is -0.127. The van der Waals surface area contributed by atoms with Crippen LogP contribution in [0.4, 0.5) is 8.78 Å². The third kappa shape index (κ3) is 5.69. The molecule has 0 aliphatic rings. The van der Waals surface area contributed by atoms with Crippen LogP contribution in [-0.4, -0.2) is 31.8 Å². The van der Waals surface area contributed by atoms with Crippen molar-refractivity contribution in [3.63, 3.8) is 0 Å². The van der Waals surface area contributed by atoms with E-state index in [2.05, 4.69) is 14.9 Å². The molecular formula is C22H22F2N4O2S. The second-order valence-electron chi connectivity index (χ2n) is 8.01. The Hall–Kier alpha value is -3.20. The Morgan fingerprint density at radius 1 is 1.10 bits per heavy atom. The minimum absolute atomic E-state index is 0.0389. The van der Waals surface area contributed by atoms with Gasteiger partial charge in [-0.25, -0.2) is 8.78 Å². The monoisotopic (exact) mass is 444 g/mol. The number of amides is 2. The highest BCUT2D eigenvalue weighted by atomic mass is 32.1. The van der Waals surface area contributed by atoms with Gasteiger partial charge in [-0.1, -0.05) is 34.8 Å². The molecule has 9 heteroatoms. The number of aromatic nitrogens is 2. The zero-order valence-electron chi connectivity index (χ0n) is 17.3. The zero-order chi connectivity index (χ0) is 22.6. The molecule has 3 aromatic rings. The molecule has 3 rings (SSSR count). The fourth-order valence-corrected chi connectivity index (χ4v) is 3.48. The molecule has 0 saturated carbocycles. The van der Waals surface area contributed by atoms with Gasteiger partial charge in [0.15, 0.2) is 5.69 Å². The van der Waals surface area contributed by atoms with Gasteiger partial charge in [-0.3, -0.25) is 9.59 Å². The number of carbonyl (C=O) groups is 2. The lowest BCUT2D eigenvalue weighted by Gasteiger charge is -2.33. The predicted octanol–water partition coefficient (Wildman–Crippen LogP) is 4.11. The smallest absolute Gasteiger partial charge is 0.276 e. The lowest BCUT2D eigenvalue weighted by atomic mass is 10.0. The van der Waals surface area contributed by atoms with Crippen LogP contribution < -0.4 is 5.32 Å². The Balaban J connectivity index is 2.10. The molecule has 0 spiro atoms. The normalized spacial score (nSPS) is 12.3. The molecule has 6 nitrogen and oxygen atoms in total. The standard InChI is InChI=1S/C22H22F2N4O2S/c1-22(2,3)25-20(29)19(14-8-10-16(23)11-9-14)28(21(30)18-13-31-27-26-18)12-15-6-4-5-7-17(15)24/h4-11,13,19H,12H2,1-3H3,(H,25,29)/t19-/m1/s1. The maximum atomic E-state index is 14.4. The van der Waals surface area contributed by atoms with Crippen molar-refractivity contribution >= 4 is 23.3 Å². The Labute approximate surface area is 183 Å². The van der Waals surface area contributed by atoms with Crippen molar-refractivity contribution < 1.29 is 18.4 Å². The van der Waals surface area contributed by atoms with Crippen molar-refractivity contribution in [1.82, 2.24) is 19.8 Å². The van der Waals surface area contributed by atoms with Crippen LogP contribution in [0.15, 0.2) is 53.9 Å². The third-order valence-electron chi connectivity index (χ3n) is 4.38. The summed E-state index contributed by atoms with van der Waals surface area (Å²) in [5, 5.41) is 8.14. The highest BCUT2D eigenvalue weighted by Gasteiger charge is 2.35. The summed E-state index contributed by atoms with van der Waals surface area (Å²) in [5.74, 6) is -2.05. The van der Waals surface area contributed by atoms with Crippen LogP contribution in [0, 0.1) is 11.6 Å². The molecule has 31 heavy (non-hydrogen) atoms. The minimum atomic E-state index is -1.14. The van der Waals surface area contributed by atoms with E-state index >= 15 is 0 Å². The van der Waals surface area contributed by atoms with Crippen molar-refractivity contribution in [3.05, 3.63) is 82.4 Å². The van der Waals surface area contributed by atoms with Crippen molar-refractivity contribution in [2.24, 2.45) is 0 Å². The van der Waals surface area contributed by atoms with Crippen molar-refractivity contribution in [3.8, 4) is 0 Å². The highest BCUT2D eigenvalue weighted by molar-refractivity contribution is 7.03. The quantitative estimate of drug-likeness (QED) is 0.621. The van der Waals surface area contributed by atoms with Crippen LogP contribution in [0.3, 0.4) is 0 Å². The molecule has 1 N–H and O–H groups in total. The number of nitrogens with zero attached hydrogens (tertiary/aromatic N) is 3. The first-order valence-electron chi connectivity index (χ1n) is 9.54. The predicted molar refractivity (Wildman–Crippen MR) is 113 cm³/mol. The Morgan fingerprint density at radius 2 is 1.77 bits per heavy atom. The maximum Gasteiger partial charge on any atom is 0.276 e. The Kier molecular flexibility index (Phi) is 6.74. The van der Waals surface area contributed by atoms with E-state index < -0.39 is 35.0 Å². The largest absolute Gasteiger partial charge is 0.349 e. The van der Waals surface area contributed by atoms with Crippen molar-refractivity contribution in [2.75, 3.05) is 0 Å². The lowest BCUT2D eigenvalue weighted by Crippen LogP contribution is -2.49. The topological polar surface area (TPSA) is 75.2 Å². The molecule has 1 aromatic heterocycles. The fourth-order valence-electron chi connectivity index (χ4n) is 3.05. The molecule has 0 radical (unpaired) electrons. The van der Waals surface area contributed by atoms with E-state index in [9.17, 15) is 18.4 Å². The summed E-state index contributed by atoms with van der Waals surface area (Å²) in [6.45, 7) is 5.22. The van der Waals surface area contributed by atoms with Gasteiger partial charge in [0.05, 0.1) is 6.54 Å². The van der Waals surface area contributed by atoms with Gasteiger partial charge in [0, 0.05) is 16.5 Å². The molecule has 1 atom stereocenters. The number of benzene rings is 2. The summed E-state index contributed by atoms with van der Waals surface area (Å²) >= 11 is 0.990. The molecule has 0 bridgehead atoms. The van der Waals surface area contributed by atoms with E-state index in [4.69, 9.17) is 0 Å². The first-order chi connectivity index (χ1) is 14.7. The second-order valence-corrected chi connectivity index (χ2v) is 8.62. The summed E-state index contributed by atoms with van der Waals surface area (Å²) in [6, 6.07) is 10.2. The van der Waals surface area contributed by atoms with Crippen LogP contribution in [0.25, 0.3) is 0 Å². The first kappa shape index (κ1) is 22.5. The second kappa shape index (κ2) is 9.30. The number of hydrogen-bond donors (Lipinski definition) is 1. The summed E-state index contributed by atoms with van der Waals surface area (Å²) in [6.07, 6.45) is 0. The van der Waals surface area contributed by atoms with E-state index in [1.165, 1.54) is 46.7 Å². The molecule has 0 aliphatic carbocycles. The van der Waals surface area contributed by atoms with Crippen molar-refractivity contribution in [1.29, 1.82) is 0 Å². The number of nitrogens with one attached hydrogen (secondary N) is 1.